The molecule has 0 spiro atoms. The molecule has 104 valence electrons. The van der Waals surface area contributed by atoms with Gasteiger partial charge in [0.15, 0.2) is 0 Å². The van der Waals surface area contributed by atoms with Crippen molar-refractivity contribution < 1.29 is 4.79 Å². The van der Waals surface area contributed by atoms with Crippen molar-refractivity contribution in [3.05, 3.63) is 53.1 Å². The predicted octanol–water partition coefficient (Wildman–Crippen LogP) is 3.84. The number of nitrogen functional groups attached to an aromatic ring is 1. The van der Waals surface area contributed by atoms with E-state index in [1.54, 1.807) is 6.07 Å². The molecule has 0 atom stereocenters. The second-order valence-electron chi connectivity index (χ2n) is 4.92. The van der Waals surface area contributed by atoms with Crippen LogP contribution in [0.3, 0.4) is 0 Å². The number of hydrogen-bond donors (Lipinski definition) is 3. The van der Waals surface area contributed by atoms with Crippen molar-refractivity contribution in [2.75, 3.05) is 16.4 Å². The number of benzene rings is 2. The van der Waals surface area contributed by atoms with Gasteiger partial charge in [-0.25, -0.2) is 4.79 Å². The van der Waals surface area contributed by atoms with E-state index in [0.717, 1.165) is 22.4 Å². The fourth-order valence-corrected chi connectivity index (χ4v) is 2.01. The maximum atomic E-state index is 12.0. The van der Waals surface area contributed by atoms with Crippen molar-refractivity contribution in [3.8, 4) is 0 Å². The van der Waals surface area contributed by atoms with E-state index in [2.05, 4.69) is 10.6 Å². The molecular weight excluding hydrogens is 250 g/mol. The molecule has 0 aromatic heterocycles. The number of anilines is 3. The number of hydrogen-bond acceptors (Lipinski definition) is 2. The first kappa shape index (κ1) is 13.9. The highest BCUT2D eigenvalue weighted by Gasteiger charge is 2.07. The van der Waals surface area contributed by atoms with E-state index in [-0.39, 0.29) is 6.03 Å². The predicted molar refractivity (Wildman–Crippen MR) is 84.1 cm³/mol. The maximum Gasteiger partial charge on any atom is 0.323 e. The lowest BCUT2D eigenvalue weighted by molar-refractivity contribution is 0.262. The smallest absolute Gasteiger partial charge is 0.323 e. The van der Waals surface area contributed by atoms with Gasteiger partial charge in [0.2, 0.25) is 0 Å². The average Bonchev–Trinajstić information content (AvgIpc) is 2.38. The number of nitrogens with one attached hydrogen (secondary N) is 2. The Bertz CT molecular complexity index is 630. The Balaban J connectivity index is 2.11. The number of urea groups is 1. The molecule has 0 unspecified atom stereocenters. The largest absolute Gasteiger partial charge is 0.398 e. The van der Waals surface area contributed by atoms with Gasteiger partial charge < -0.3 is 16.4 Å². The van der Waals surface area contributed by atoms with Crippen LogP contribution in [-0.4, -0.2) is 6.03 Å². The highest BCUT2D eigenvalue weighted by molar-refractivity contribution is 6.01. The molecule has 0 aliphatic rings. The van der Waals surface area contributed by atoms with Crippen molar-refractivity contribution in [2.45, 2.75) is 20.8 Å². The lowest BCUT2D eigenvalue weighted by Crippen LogP contribution is -2.20. The summed E-state index contributed by atoms with van der Waals surface area (Å²) in [5.41, 5.74) is 11.1. The molecule has 2 amide bonds. The Morgan fingerprint density at radius 2 is 1.60 bits per heavy atom. The van der Waals surface area contributed by atoms with Crippen LogP contribution in [0, 0.1) is 20.8 Å². The van der Waals surface area contributed by atoms with Crippen LogP contribution in [-0.2, 0) is 0 Å². The lowest BCUT2D eigenvalue weighted by Gasteiger charge is -2.13. The highest BCUT2D eigenvalue weighted by atomic mass is 16.2. The van der Waals surface area contributed by atoms with Crippen molar-refractivity contribution in [1.82, 2.24) is 0 Å². The molecule has 2 rings (SSSR count). The van der Waals surface area contributed by atoms with Gasteiger partial charge in [-0.15, -0.1) is 0 Å². The van der Waals surface area contributed by atoms with Crippen molar-refractivity contribution in [2.24, 2.45) is 0 Å². The van der Waals surface area contributed by atoms with Gasteiger partial charge in [0.05, 0.1) is 0 Å². The molecule has 0 radical (unpaired) electrons. The summed E-state index contributed by atoms with van der Waals surface area (Å²) in [4.78, 5) is 12.0. The molecular formula is C16H19N3O. The van der Waals surface area contributed by atoms with E-state index in [4.69, 9.17) is 5.73 Å². The summed E-state index contributed by atoms with van der Waals surface area (Å²) in [7, 11) is 0. The standard InChI is InChI=1S/C16H19N3O/c1-10-7-8-13(9-14(10)17)18-16(20)19-15-11(2)5-4-6-12(15)3/h4-9H,17H2,1-3H3,(H2,18,19,20). The van der Waals surface area contributed by atoms with Gasteiger partial charge >= 0.3 is 6.03 Å². The quantitative estimate of drug-likeness (QED) is 0.725. The summed E-state index contributed by atoms with van der Waals surface area (Å²) >= 11 is 0. The SMILES string of the molecule is Cc1ccc(NC(=O)Nc2c(C)cccc2C)cc1N. The average molecular weight is 269 g/mol. The maximum absolute atomic E-state index is 12.0. The first-order valence-corrected chi connectivity index (χ1v) is 6.47. The van der Waals surface area contributed by atoms with Crippen molar-refractivity contribution >= 4 is 23.1 Å². The number of amides is 2. The van der Waals surface area contributed by atoms with Gasteiger partial charge in [-0.1, -0.05) is 24.3 Å². The summed E-state index contributed by atoms with van der Waals surface area (Å²) < 4.78 is 0. The Morgan fingerprint density at radius 3 is 2.20 bits per heavy atom. The Hall–Kier alpha value is -2.49. The first-order chi connectivity index (χ1) is 9.47. The van der Waals surface area contributed by atoms with Crippen LogP contribution in [0.1, 0.15) is 16.7 Å². The third-order valence-corrected chi connectivity index (χ3v) is 3.26. The molecule has 0 heterocycles. The first-order valence-electron chi connectivity index (χ1n) is 6.47. The van der Waals surface area contributed by atoms with Crippen LogP contribution in [0.25, 0.3) is 0 Å². The molecule has 0 bridgehead atoms. The number of carbonyl (C=O) groups is 1. The molecule has 2 aromatic rings. The molecule has 0 aliphatic carbocycles. The summed E-state index contributed by atoms with van der Waals surface area (Å²) in [6.07, 6.45) is 0. The van der Waals surface area contributed by atoms with Crippen LogP contribution in [0.4, 0.5) is 21.9 Å². The van der Waals surface area contributed by atoms with Gasteiger partial charge in [-0.3, -0.25) is 0 Å². The van der Waals surface area contributed by atoms with Gasteiger partial charge in [-0.2, -0.15) is 0 Å². The number of carbonyl (C=O) groups excluding carboxylic acids is 1. The minimum Gasteiger partial charge on any atom is -0.398 e. The molecule has 4 nitrogen and oxygen atoms in total. The van der Waals surface area contributed by atoms with E-state index in [9.17, 15) is 4.79 Å². The van der Waals surface area contributed by atoms with Gasteiger partial charge in [0, 0.05) is 17.1 Å². The molecule has 0 aliphatic heterocycles. The van der Waals surface area contributed by atoms with E-state index < -0.39 is 0 Å². The fourth-order valence-electron chi connectivity index (χ4n) is 2.01. The molecule has 20 heavy (non-hydrogen) atoms. The van der Waals surface area contributed by atoms with E-state index in [1.807, 2.05) is 51.1 Å². The molecule has 2 aromatic carbocycles. The zero-order valence-electron chi connectivity index (χ0n) is 11.9. The molecule has 4 heteroatoms. The Labute approximate surface area is 119 Å². The van der Waals surface area contributed by atoms with Crippen LogP contribution in [0.2, 0.25) is 0 Å². The van der Waals surface area contributed by atoms with Crippen LogP contribution >= 0.6 is 0 Å². The van der Waals surface area contributed by atoms with Crippen LogP contribution < -0.4 is 16.4 Å². The van der Waals surface area contributed by atoms with E-state index in [0.29, 0.717) is 11.4 Å². The molecule has 4 N–H and O–H groups in total. The van der Waals surface area contributed by atoms with Crippen molar-refractivity contribution in [3.63, 3.8) is 0 Å². The zero-order valence-corrected chi connectivity index (χ0v) is 11.9. The highest BCUT2D eigenvalue weighted by Crippen LogP contribution is 2.21. The monoisotopic (exact) mass is 269 g/mol. The number of aryl methyl sites for hydroxylation is 3. The number of nitrogens with two attached hydrogens (primary N) is 1. The second kappa shape index (κ2) is 5.65. The number of rotatable bonds is 2. The second-order valence-corrected chi connectivity index (χ2v) is 4.92. The summed E-state index contributed by atoms with van der Waals surface area (Å²) in [6, 6.07) is 11.1. The minimum atomic E-state index is -0.273. The summed E-state index contributed by atoms with van der Waals surface area (Å²) in [5.74, 6) is 0. The topological polar surface area (TPSA) is 67.2 Å². The van der Waals surface area contributed by atoms with Gasteiger partial charge in [0.1, 0.15) is 0 Å². The van der Waals surface area contributed by atoms with Crippen LogP contribution in [0.15, 0.2) is 36.4 Å². The van der Waals surface area contributed by atoms with Crippen molar-refractivity contribution in [1.29, 1.82) is 0 Å². The normalized spacial score (nSPS) is 10.2. The number of para-hydroxylation sites is 1. The van der Waals surface area contributed by atoms with Crippen LogP contribution in [0.5, 0.6) is 0 Å². The summed E-state index contributed by atoms with van der Waals surface area (Å²) in [6.45, 7) is 5.86. The fraction of sp³-hybridized carbons (Fsp3) is 0.188. The molecule has 0 fully saturated rings. The molecule has 0 saturated carbocycles. The third-order valence-electron chi connectivity index (χ3n) is 3.26. The Kier molecular flexibility index (Phi) is 3.94. The lowest BCUT2D eigenvalue weighted by atomic mass is 10.1. The van der Waals surface area contributed by atoms with Gasteiger partial charge in [0.25, 0.3) is 0 Å². The summed E-state index contributed by atoms with van der Waals surface area (Å²) in [5, 5.41) is 5.65. The zero-order chi connectivity index (χ0) is 14.7. The Morgan fingerprint density at radius 1 is 0.950 bits per heavy atom. The molecule has 0 saturated heterocycles. The minimum absolute atomic E-state index is 0.273. The van der Waals surface area contributed by atoms with E-state index >= 15 is 0 Å². The van der Waals surface area contributed by atoms with Gasteiger partial charge in [-0.05, 0) is 49.6 Å². The van der Waals surface area contributed by atoms with E-state index in [1.165, 1.54) is 0 Å². The third kappa shape index (κ3) is 3.09.